The molecule has 3 aliphatic heterocycles. The number of amides is 1. The molecule has 172 valence electrons. The van der Waals surface area contributed by atoms with Crippen molar-refractivity contribution in [3.63, 3.8) is 0 Å². The molecular formula is C25H29N5O2S. The van der Waals surface area contributed by atoms with Crippen LogP contribution in [-0.4, -0.2) is 55.8 Å². The maximum absolute atomic E-state index is 13.2. The van der Waals surface area contributed by atoms with Crippen LogP contribution in [-0.2, 0) is 6.42 Å². The highest BCUT2D eigenvalue weighted by Gasteiger charge is 2.33. The average molecular weight is 464 g/mol. The molecule has 0 radical (unpaired) electrons. The van der Waals surface area contributed by atoms with Crippen LogP contribution >= 0.6 is 11.3 Å². The third-order valence-corrected chi connectivity index (χ3v) is 8.12. The molecule has 0 spiro atoms. The molecule has 1 amide bonds. The summed E-state index contributed by atoms with van der Waals surface area (Å²) >= 11 is 1.43. The molecule has 2 saturated heterocycles. The molecule has 8 heteroatoms. The molecule has 3 N–H and O–H groups in total. The van der Waals surface area contributed by atoms with Gasteiger partial charge in [0, 0.05) is 55.1 Å². The number of fused-ring (bicyclic) bond motifs is 4. The van der Waals surface area contributed by atoms with Crippen LogP contribution in [0.2, 0.25) is 0 Å². The monoisotopic (exact) mass is 463 g/mol. The Kier molecular flexibility index (Phi) is 5.14. The second-order valence-electron chi connectivity index (χ2n) is 9.38. The molecule has 3 aromatic rings. The number of aromatic nitrogens is 1. The number of benzene rings is 1. The van der Waals surface area contributed by atoms with Gasteiger partial charge in [-0.15, -0.1) is 11.3 Å². The predicted octanol–water partition coefficient (Wildman–Crippen LogP) is 3.32. The smallest absolute Gasteiger partial charge is 0.263 e. The Morgan fingerprint density at radius 1 is 1.21 bits per heavy atom. The Labute approximate surface area is 197 Å². The standard InChI is InChI=1S/C25H29N5O2S/c1-14-3-8-20-22(26-2)23(33-25(20)27-14)24(31)29-18-9-15-4-7-19(10-21(15)32-13-18)30-11-16-5-6-17(12-30)28-16/h3-4,7-8,10,16-18,26,28H,5-6,9,11-13H2,1-2H3,(H,29,31)/t16?,17?,18-/m1/s1. The highest BCUT2D eigenvalue weighted by Crippen LogP contribution is 2.36. The van der Waals surface area contributed by atoms with Gasteiger partial charge < -0.3 is 25.6 Å². The number of pyridine rings is 1. The lowest BCUT2D eigenvalue weighted by molar-refractivity contribution is 0.0920. The highest BCUT2D eigenvalue weighted by molar-refractivity contribution is 7.21. The molecule has 2 bridgehead atoms. The second kappa shape index (κ2) is 8.18. The molecule has 7 nitrogen and oxygen atoms in total. The Morgan fingerprint density at radius 2 is 2.03 bits per heavy atom. The van der Waals surface area contributed by atoms with Crippen molar-refractivity contribution in [3.05, 3.63) is 46.5 Å². The summed E-state index contributed by atoms with van der Waals surface area (Å²) < 4.78 is 6.12. The predicted molar refractivity (Wildman–Crippen MR) is 133 cm³/mol. The number of carbonyl (C=O) groups is 1. The lowest BCUT2D eigenvalue weighted by atomic mass is 10.0. The van der Waals surface area contributed by atoms with Gasteiger partial charge >= 0.3 is 0 Å². The van der Waals surface area contributed by atoms with Gasteiger partial charge in [-0.25, -0.2) is 4.98 Å². The molecule has 5 heterocycles. The van der Waals surface area contributed by atoms with Crippen molar-refractivity contribution < 1.29 is 9.53 Å². The van der Waals surface area contributed by atoms with Gasteiger partial charge in [0.1, 0.15) is 22.1 Å². The number of nitrogens with one attached hydrogen (secondary N) is 3. The van der Waals surface area contributed by atoms with E-state index in [1.807, 2.05) is 26.1 Å². The van der Waals surface area contributed by atoms with Crippen LogP contribution in [0, 0.1) is 6.92 Å². The van der Waals surface area contributed by atoms with E-state index in [2.05, 4.69) is 44.0 Å². The highest BCUT2D eigenvalue weighted by atomic mass is 32.1. The van der Waals surface area contributed by atoms with E-state index in [4.69, 9.17) is 4.74 Å². The Balaban J connectivity index is 1.17. The summed E-state index contributed by atoms with van der Waals surface area (Å²) in [6.45, 7) is 4.56. The van der Waals surface area contributed by atoms with E-state index in [1.165, 1.54) is 29.9 Å². The lowest BCUT2D eigenvalue weighted by Gasteiger charge is -2.35. The lowest BCUT2D eigenvalue weighted by Crippen LogP contribution is -2.51. The summed E-state index contributed by atoms with van der Waals surface area (Å²) in [4.78, 5) is 21.8. The second-order valence-corrected chi connectivity index (χ2v) is 10.4. The number of hydrogen-bond donors (Lipinski definition) is 3. The van der Waals surface area contributed by atoms with Crippen LogP contribution in [0.25, 0.3) is 10.2 Å². The number of thiophene rings is 1. The van der Waals surface area contributed by atoms with Crippen molar-refractivity contribution in [1.29, 1.82) is 0 Å². The maximum atomic E-state index is 13.2. The minimum absolute atomic E-state index is 0.0597. The average Bonchev–Trinajstić information content (AvgIpc) is 3.36. The van der Waals surface area contributed by atoms with Gasteiger partial charge in [0.2, 0.25) is 0 Å². The fourth-order valence-electron chi connectivity index (χ4n) is 5.39. The van der Waals surface area contributed by atoms with Crippen LogP contribution in [0.15, 0.2) is 30.3 Å². The minimum atomic E-state index is -0.0787. The number of rotatable bonds is 4. The van der Waals surface area contributed by atoms with E-state index in [1.54, 1.807) is 0 Å². The zero-order valence-corrected chi connectivity index (χ0v) is 19.8. The van der Waals surface area contributed by atoms with Gasteiger partial charge in [-0.1, -0.05) is 6.07 Å². The minimum Gasteiger partial charge on any atom is -0.491 e. The molecule has 3 aliphatic rings. The fourth-order valence-corrected chi connectivity index (χ4v) is 6.52. The third kappa shape index (κ3) is 3.81. The van der Waals surface area contributed by atoms with Gasteiger partial charge in [0.25, 0.3) is 5.91 Å². The van der Waals surface area contributed by atoms with Crippen molar-refractivity contribution in [1.82, 2.24) is 15.6 Å². The maximum Gasteiger partial charge on any atom is 0.263 e. The molecule has 1 aromatic carbocycles. The Morgan fingerprint density at radius 3 is 2.82 bits per heavy atom. The molecule has 2 unspecified atom stereocenters. The summed E-state index contributed by atoms with van der Waals surface area (Å²) in [5.41, 5.74) is 4.17. The molecule has 6 rings (SSSR count). The van der Waals surface area contributed by atoms with Crippen molar-refractivity contribution in [2.75, 3.05) is 37.0 Å². The van der Waals surface area contributed by atoms with Gasteiger partial charge in [0.15, 0.2) is 0 Å². The quantitative estimate of drug-likeness (QED) is 0.551. The largest absolute Gasteiger partial charge is 0.491 e. The normalized spacial score (nSPS) is 23.8. The van der Waals surface area contributed by atoms with Crippen molar-refractivity contribution in [2.45, 2.75) is 44.3 Å². The zero-order chi connectivity index (χ0) is 22.5. The van der Waals surface area contributed by atoms with E-state index in [-0.39, 0.29) is 11.9 Å². The van der Waals surface area contributed by atoms with E-state index >= 15 is 0 Å². The molecule has 2 aromatic heterocycles. The number of piperazine rings is 1. The molecule has 2 fully saturated rings. The molecule has 33 heavy (non-hydrogen) atoms. The number of nitrogens with zero attached hydrogens (tertiary/aromatic N) is 2. The summed E-state index contributed by atoms with van der Waals surface area (Å²) in [6, 6.07) is 11.7. The first-order valence-electron chi connectivity index (χ1n) is 11.7. The number of anilines is 2. The fraction of sp³-hybridized carbons (Fsp3) is 0.440. The van der Waals surface area contributed by atoms with Gasteiger partial charge in [-0.3, -0.25) is 4.79 Å². The van der Waals surface area contributed by atoms with Crippen molar-refractivity contribution in [3.8, 4) is 5.75 Å². The molecule has 3 atom stereocenters. The van der Waals surface area contributed by atoms with Crippen LogP contribution < -0.4 is 25.6 Å². The first-order chi connectivity index (χ1) is 16.1. The van der Waals surface area contributed by atoms with Crippen LogP contribution in [0.4, 0.5) is 11.4 Å². The van der Waals surface area contributed by atoms with Gasteiger partial charge in [-0.05, 0) is 49.9 Å². The summed E-state index contributed by atoms with van der Waals surface area (Å²) in [6.07, 6.45) is 3.31. The van der Waals surface area contributed by atoms with E-state index in [9.17, 15) is 4.79 Å². The van der Waals surface area contributed by atoms with E-state index in [0.717, 1.165) is 52.4 Å². The first kappa shape index (κ1) is 20.7. The number of hydrogen-bond acceptors (Lipinski definition) is 7. The molecular weight excluding hydrogens is 434 g/mol. The zero-order valence-electron chi connectivity index (χ0n) is 19.0. The van der Waals surface area contributed by atoms with Gasteiger partial charge in [0.05, 0.1) is 11.7 Å². The van der Waals surface area contributed by atoms with Crippen LogP contribution in [0.1, 0.15) is 33.8 Å². The molecule has 0 aliphatic carbocycles. The van der Waals surface area contributed by atoms with Crippen molar-refractivity contribution in [2.24, 2.45) is 0 Å². The number of carbonyl (C=O) groups excluding carboxylic acids is 1. The topological polar surface area (TPSA) is 78.5 Å². The van der Waals surface area contributed by atoms with Crippen molar-refractivity contribution >= 4 is 38.8 Å². The van der Waals surface area contributed by atoms with E-state index < -0.39 is 0 Å². The third-order valence-electron chi connectivity index (χ3n) is 7.02. The Hall–Kier alpha value is -2.84. The molecule has 0 saturated carbocycles. The van der Waals surface area contributed by atoms with Crippen LogP contribution in [0.3, 0.4) is 0 Å². The summed E-state index contributed by atoms with van der Waals surface area (Å²) in [7, 11) is 1.85. The number of aryl methyl sites for hydroxylation is 1. The van der Waals surface area contributed by atoms with E-state index in [0.29, 0.717) is 23.6 Å². The summed E-state index contributed by atoms with van der Waals surface area (Å²) in [5.74, 6) is 0.867. The van der Waals surface area contributed by atoms with Crippen LogP contribution in [0.5, 0.6) is 5.75 Å². The SMILES string of the molecule is CNc1c(C(=O)N[C@H]2COc3cc(N4CC5CCC(C4)N5)ccc3C2)sc2nc(C)ccc12. The summed E-state index contributed by atoms with van der Waals surface area (Å²) in [5, 5.41) is 11.0. The van der Waals surface area contributed by atoms with Gasteiger partial charge in [-0.2, -0.15) is 0 Å². The number of ether oxygens (including phenoxy) is 1. The Bertz CT molecular complexity index is 1210. The first-order valence-corrected chi connectivity index (χ1v) is 12.5.